The molecule has 1 saturated heterocycles. The molecule has 1 N–H and O–H groups in total. The number of nitrogens with zero attached hydrogens (tertiary/aromatic N) is 1. The minimum atomic E-state index is -0.787. The highest BCUT2D eigenvalue weighted by atomic mass is 16.5. The zero-order valence-corrected chi connectivity index (χ0v) is 20.5. The number of hydrogen-bond acceptors (Lipinski definition) is 5. The van der Waals surface area contributed by atoms with E-state index in [4.69, 9.17) is 9.47 Å². The molecule has 180 valence electrons. The van der Waals surface area contributed by atoms with Crippen molar-refractivity contribution in [3.8, 4) is 11.5 Å². The normalized spacial score (nSPS) is 17.5. The summed E-state index contributed by atoms with van der Waals surface area (Å²) >= 11 is 0. The molecule has 0 saturated carbocycles. The van der Waals surface area contributed by atoms with Crippen molar-refractivity contribution < 1.29 is 24.2 Å². The topological polar surface area (TPSA) is 76.1 Å². The molecule has 0 aliphatic carbocycles. The molecule has 0 radical (unpaired) electrons. The Kier molecular flexibility index (Phi) is 6.39. The van der Waals surface area contributed by atoms with Crippen LogP contribution in [0.2, 0.25) is 0 Å². The van der Waals surface area contributed by atoms with E-state index in [-0.39, 0.29) is 16.7 Å². The van der Waals surface area contributed by atoms with E-state index in [1.54, 1.807) is 50.6 Å². The molecule has 3 aromatic carbocycles. The van der Waals surface area contributed by atoms with Crippen molar-refractivity contribution in [1.29, 1.82) is 0 Å². The van der Waals surface area contributed by atoms with Gasteiger partial charge in [0, 0.05) is 16.8 Å². The Balaban J connectivity index is 1.92. The molecular weight excluding hydrogens is 442 g/mol. The minimum absolute atomic E-state index is 0.0436. The van der Waals surface area contributed by atoms with Crippen molar-refractivity contribution in [2.45, 2.75) is 32.2 Å². The molecule has 6 heteroatoms. The summed E-state index contributed by atoms with van der Waals surface area (Å²) in [7, 11) is 3.16. The lowest BCUT2D eigenvalue weighted by molar-refractivity contribution is -0.132. The lowest BCUT2D eigenvalue weighted by Gasteiger charge is -2.26. The van der Waals surface area contributed by atoms with Gasteiger partial charge in [0.1, 0.15) is 17.3 Å². The van der Waals surface area contributed by atoms with Crippen LogP contribution < -0.4 is 14.4 Å². The average molecular weight is 472 g/mol. The maximum absolute atomic E-state index is 13.4. The molecule has 1 heterocycles. The molecule has 1 aliphatic heterocycles. The van der Waals surface area contributed by atoms with E-state index < -0.39 is 17.7 Å². The summed E-state index contributed by atoms with van der Waals surface area (Å²) in [6.45, 7) is 6.13. The van der Waals surface area contributed by atoms with Gasteiger partial charge in [-0.15, -0.1) is 0 Å². The maximum Gasteiger partial charge on any atom is 0.300 e. The summed E-state index contributed by atoms with van der Waals surface area (Å²) < 4.78 is 10.8. The average Bonchev–Trinajstić information content (AvgIpc) is 3.13. The first-order valence-corrected chi connectivity index (χ1v) is 11.4. The summed E-state index contributed by atoms with van der Waals surface area (Å²) in [5.74, 6) is -0.335. The summed E-state index contributed by atoms with van der Waals surface area (Å²) in [4.78, 5) is 28.1. The van der Waals surface area contributed by atoms with Gasteiger partial charge in [-0.25, -0.2) is 0 Å². The number of aliphatic hydroxyl groups excluding tert-OH is 1. The third-order valence-electron chi connectivity index (χ3n) is 6.19. The smallest absolute Gasteiger partial charge is 0.300 e. The van der Waals surface area contributed by atoms with Crippen LogP contribution in [-0.4, -0.2) is 31.0 Å². The van der Waals surface area contributed by atoms with Crippen molar-refractivity contribution in [2.24, 2.45) is 0 Å². The minimum Gasteiger partial charge on any atom is -0.507 e. The fourth-order valence-electron chi connectivity index (χ4n) is 4.39. The number of ketones is 1. The third kappa shape index (κ3) is 4.39. The number of ether oxygens (including phenoxy) is 2. The van der Waals surface area contributed by atoms with Gasteiger partial charge < -0.3 is 14.6 Å². The van der Waals surface area contributed by atoms with Crippen molar-refractivity contribution >= 4 is 23.1 Å². The zero-order chi connectivity index (χ0) is 25.3. The van der Waals surface area contributed by atoms with Crippen molar-refractivity contribution in [3.63, 3.8) is 0 Å². The van der Waals surface area contributed by atoms with Crippen LogP contribution in [0.1, 0.15) is 43.5 Å². The first-order chi connectivity index (χ1) is 16.7. The van der Waals surface area contributed by atoms with Crippen molar-refractivity contribution in [3.05, 3.63) is 95.1 Å². The predicted octanol–water partition coefficient (Wildman–Crippen LogP) is 5.63. The zero-order valence-electron chi connectivity index (χ0n) is 20.5. The second kappa shape index (κ2) is 9.29. The predicted molar refractivity (Wildman–Crippen MR) is 136 cm³/mol. The van der Waals surface area contributed by atoms with E-state index in [0.29, 0.717) is 28.3 Å². The van der Waals surface area contributed by atoms with Crippen molar-refractivity contribution in [1.82, 2.24) is 0 Å². The van der Waals surface area contributed by atoms with E-state index in [0.717, 1.165) is 5.56 Å². The van der Waals surface area contributed by atoms with Crippen molar-refractivity contribution in [2.75, 3.05) is 19.1 Å². The van der Waals surface area contributed by atoms with Gasteiger partial charge in [0.25, 0.3) is 11.7 Å². The van der Waals surface area contributed by atoms with Gasteiger partial charge in [0.15, 0.2) is 0 Å². The molecule has 6 nitrogen and oxygen atoms in total. The summed E-state index contributed by atoms with van der Waals surface area (Å²) in [5, 5.41) is 11.5. The number of carbonyl (C=O) groups excluding carboxylic acids is 2. The lowest BCUT2D eigenvalue weighted by atomic mass is 9.84. The van der Waals surface area contributed by atoms with Gasteiger partial charge >= 0.3 is 0 Å². The molecular formula is C29H29NO5. The van der Waals surface area contributed by atoms with Gasteiger partial charge in [-0.3, -0.25) is 14.5 Å². The fourth-order valence-corrected chi connectivity index (χ4v) is 4.39. The molecule has 4 rings (SSSR count). The monoisotopic (exact) mass is 471 g/mol. The third-order valence-corrected chi connectivity index (χ3v) is 6.19. The largest absolute Gasteiger partial charge is 0.507 e. The van der Waals surface area contributed by atoms with Crippen LogP contribution in [0.25, 0.3) is 5.76 Å². The number of benzene rings is 3. The first-order valence-electron chi connectivity index (χ1n) is 11.4. The first kappa shape index (κ1) is 24.1. The Morgan fingerprint density at radius 1 is 0.886 bits per heavy atom. The highest BCUT2D eigenvalue weighted by molar-refractivity contribution is 6.51. The van der Waals surface area contributed by atoms with Crippen LogP contribution in [0, 0.1) is 0 Å². The molecule has 3 aromatic rings. The van der Waals surface area contributed by atoms with Crippen LogP contribution in [0.4, 0.5) is 5.69 Å². The molecule has 0 spiro atoms. The van der Waals surface area contributed by atoms with Crippen LogP contribution in [-0.2, 0) is 15.0 Å². The molecule has 1 fully saturated rings. The van der Waals surface area contributed by atoms with Crippen LogP contribution in [0.5, 0.6) is 11.5 Å². The molecule has 1 atom stereocenters. The van der Waals surface area contributed by atoms with Gasteiger partial charge in [0.05, 0.1) is 25.8 Å². The Bertz CT molecular complexity index is 1290. The van der Waals surface area contributed by atoms with Crippen LogP contribution in [0.15, 0.2) is 78.4 Å². The number of aliphatic hydroxyl groups is 1. The highest BCUT2D eigenvalue weighted by Gasteiger charge is 2.47. The van der Waals surface area contributed by atoms with E-state index in [9.17, 15) is 14.7 Å². The Hall–Kier alpha value is -4.06. The molecule has 0 aromatic heterocycles. The van der Waals surface area contributed by atoms with Crippen LogP contribution in [0.3, 0.4) is 0 Å². The summed E-state index contributed by atoms with van der Waals surface area (Å²) in [6, 6.07) is 20.7. The van der Waals surface area contributed by atoms with E-state index in [1.165, 1.54) is 4.90 Å². The van der Waals surface area contributed by atoms with Gasteiger partial charge in [0.2, 0.25) is 0 Å². The summed E-state index contributed by atoms with van der Waals surface area (Å²) in [5.41, 5.74) is 2.35. The molecule has 35 heavy (non-hydrogen) atoms. The van der Waals surface area contributed by atoms with Crippen LogP contribution >= 0.6 is 0 Å². The lowest BCUT2D eigenvalue weighted by Crippen LogP contribution is -2.29. The van der Waals surface area contributed by atoms with Gasteiger partial charge in [-0.1, -0.05) is 51.1 Å². The number of hydrogen-bond donors (Lipinski definition) is 1. The number of methoxy groups -OCH3 is 2. The Morgan fingerprint density at radius 2 is 1.54 bits per heavy atom. The number of amides is 1. The fraction of sp³-hybridized carbons (Fsp3) is 0.241. The molecule has 0 bridgehead atoms. The standard InChI is InChI=1S/C29H29NO5/c1-29(2,3)22-17-19(11-16-23(22)35-5)26(31)24-25(18-9-7-6-8-10-18)30(28(33)27(24)32)20-12-14-21(34-4)15-13-20/h6-17,25,31H,1-5H3/b26-24-. The Morgan fingerprint density at radius 3 is 2.11 bits per heavy atom. The Labute approximate surface area is 205 Å². The second-order valence-electron chi connectivity index (χ2n) is 9.44. The highest BCUT2D eigenvalue weighted by Crippen LogP contribution is 2.43. The molecule has 1 amide bonds. The quantitative estimate of drug-likeness (QED) is 0.297. The van der Waals surface area contributed by atoms with E-state index >= 15 is 0 Å². The maximum atomic E-state index is 13.4. The number of anilines is 1. The number of carbonyl (C=O) groups is 2. The second-order valence-corrected chi connectivity index (χ2v) is 9.44. The number of Topliss-reactive ketones (excluding diaryl/α,β-unsaturated/α-hetero) is 1. The molecule has 1 unspecified atom stereocenters. The number of rotatable bonds is 5. The van der Waals surface area contributed by atoms with Gasteiger partial charge in [-0.05, 0) is 53.4 Å². The van der Waals surface area contributed by atoms with E-state index in [1.807, 2.05) is 57.2 Å². The summed E-state index contributed by atoms with van der Waals surface area (Å²) in [6.07, 6.45) is 0. The molecule has 1 aliphatic rings. The SMILES string of the molecule is COc1ccc(N2C(=O)C(=O)/C(=C(\O)c3ccc(OC)c(C(C)(C)C)c3)C2c2ccccc2)cc1. The van der Waals surface area contributed by atoms with Gasteiger partial charge in [-0.2, -0.15) is 0 Å². The van der Waals surface area contributed by atoms with E-state index in [2.05, 4.69) is 0 Å².